The maximum absolute atomic E-state index is 11.6. The molecule has 0 bridgehead atoms. The first-order valence-electron chi connectivity index (χ1n) is 5.95. The zero-order chi connectivity index (χ0) is 13.1. The monoisotopic (exact) mass is 248 g/mol. The van der Waals surface area contributed by atoms with Gasteiger partial charge in [0.25, 0.3) is 0 Å². The van der Waals surface area contributed by atoms with Gasteiger partial charge >= 0.3 is 0 Å². The first-order valence-corrected chi connectivity index (χ1v) is 5.95. The summed E-state index contributed by atoms with van der Waals surface area (Å²) in [5.41, 5.74) is 0.941. The molecule has 2 aromatic rings. The van der Waals surface area contributed by atoms with Crippen molar-refractivity contribution in [1.82, 2.24) is 10.1 Å². The number of carbonyl (C=O) groups is 1. The second kappa shape index (κ2) is 5.16. The van der Waals surface area contributed by atoms with Crippen LogP contribution < -0.4 is 0 Å². The van der Waals surface area contributed by atoms with E-state index in [0.29, 0.717) is 29.8 Å². The van der Waals surface area contributed by atoms with Gasteiger partial charge in [0.05, 0.1) is 12.7 Å². The molecule has 0 unspecified atom stereocenters. The minimum Gasteiger partial charge on any atom is -0.461 e. The highest BCUT2D eigenvalue weighted by atomic mass is 16.5. The van der Waals surface area contributed by atoms with Crippen molar-refractivity contribution in [1.29, 1.82) is 0 Å². The number of ketones is 1. The zero-order valence-corrected chi connectivity index (χ0v) is 10.8. The van der Waals surface area contributed by atoms with E-state index >= 15 is 0 Å². The highest BCUT2D eigenvalue weighted by molar-refractivity contribution is 5.80. The summed E-state index contributed by atoms with van der Waals surface area (Å²) in [6.45, 7) is 5.91. The Balaban J connectivity index is 2.07. The van der Waals surface area contributed by atoms with Crippen LogP contribution >= 0.6 is 0 Å². The van der Waals surface area contributed by atoms with Crippen LogP contribution in [0.3, 0.4) is 0 Å². The smallest absolute Gasteiger partial charge is 0.238 e. The van der Waals surface area contributed by atoms with E-state index in [0.717, 1.165) is 5.56 Å². The van der Waals surface area contributed by atoms with Crippen LogP contribution in [0.1, 0.15) is 31.7 Å². The number of aromatic nitrogens is 2. The summed E-state index contributed by atoms with van der Waals surface area (Å²) in [6, 6.07) is 1.83. The average Bonchev–Trinajstić information content (AvgIpc) is 2.85. The lowest BCUT2D eigenvalue weighted by atomic mass is 10.1. The minimum atomic E-state index is 0.108. The average molecular weight is 248 g/mol. The number of rotatable bonds is 5. The van der Waals surface area contributed by atoms with E-state index in [1.54, 1.807) is 6.26 Å². The molecule has 18 heavy (non-hydrogen) atoms. The first-order chi connectivity index (χ1) is 8.56. The van der Waals surface area contributed by atoms with Gasteiger partial charge in [-0.05, 0) is 24.5 Å². The number of hydrogen-bond acceptors (Lipinski definition) is 5. The van der Waals surface area contributed by atoms with Crippen LogP contribution in [0.4, 0.5) is 0 Å². The molecule has 0 saturated heterocycles. The Hall–Kier alpha value is -1.91. The molecule has 2 aromatic heterocycles. The predicted octanol–water partition coefficient (Wildman–Crippen LogP) is 2.80. The lowest BCUT2D eigenvalue weighted by Crippen LogP contribution is -2.06. The summed E-state index contributed by atoms with van der Waals surface area (Å²) in [4.78, 5) is 15.8. The van der Waals surface area contributed by atoms with E-state index in [1.165, 1.54) is 0 Å². The molecule has 0 spiro atoms. The molecule has 0 aliphatic heterocycles. The van der Waals surface area contributed by atoms with Crippen LogP contribution in [-0.4, -0.2) is 15.9 Å². The highest BCUT2D eigenvalue weighted by Gasteiger charge is 2.16. The van der Waals surface area contributed by atoms with Crippen LogP contribution in [0.15, 0.2) is 21.3 Å². The maximum Gasteiger partial charge on any atom is 0.238 e. The molecule has 0 aliphatic rings. The molecule has 2 rings (SSSR count). The van der Waals surface area contributed by atoms with Crippen molar-refractivity contribution in [3.63, 3.8) is 0 Å². The van der Waals surface area contributed by atoms with Crippen LogP contribution in [-0.2, 0) is 11.2 Å². The van der Waals surface area contributed by atoms with Crippen molar-refractivity contribution in [3.05, 3.63) is 23.8 Å². The largest absolute Gasteiger partial charge is 0.461 e. The van der Waals surface area contributed by atoms with Gasteiger partial charge < -0.3 is 8.94 Å². The Morgan fingerprint density at radius 1 is 1.44 bits per heavy atom. The zero-order valence-electron chi connectivity index (χ0n) is 10.8. The molecule has 96 valence electrons. The summed E-state index contributed by atoms with van der Waals surface area (Å²) in [7, 11) is 0. The van der Waals surface area contributed by atoms with Crippen LogP contribution in [0.5, 0.6) is 0 Å². The summed E-state index contributed by atoms with van der Waals surface area (Å²) >= 11 is 0. The van der Waals surface area contributed by atoms with Gasteiger partial charge in [0, 0.05) is 6.42 Å². The summed E-state index contributed by atoms with van der Waals surface area (Å²) < 4.78 is 10.3. The van der Waals surface area contributed by atoms with Crippen LogP contribution in [0.25, 0.3) is 11.6 Å². The number of Topliss-reactive ketones (excluding diaryl/α,β-unsaturated/α-hetero) is 1. The fraction of sp³-hybridized carbons (Fsp3) is 0.462. The Kier molecular flexibility index (Phi) is 3.60. The van der Waals surface area contributed by atoms with Crippen molar-refractivity contribution in [2.45, 2.75) is 33.6 Å². The summed E-state index contributed by atoms with van der Waals surface area (Å²) in [5.74, 6) is 1.76. The van der Waals surface area contributed by atoms with Crippen LogP contribution in [0, 0.1) is 12.8 Å². The van der Waals surface area contributed by atoms with Gasteiger partial charge in [0.15, 0.2) is 5.76 Å². The molecular weight excluding hydrogens is 232 g/mol. The van der Waals surface area contributed by atoms with Gasteiger partial charge in [-0.2, -0.15) is 4.98 Å². The number of carbonyl (C=O) groups excluding carboxylic acids is 1. The lowest BCUT2D eigenvalue weighted by molar-refractivity contribution is -0.119. The molecule has 2 heterocycles. The fourth-order valence-corrected chi connectivity index (χ4v) is 1.72. The number of nitrogens with zero attached hydrogens (tertiary/aromatic N) is 2. The molecule has 5 nitrogen and oxygen atoms in total. The molecule has 0 amide bonds. The standard InChI is InChI=1S/C13H16N2O3/c1-8(2)6-10(16)7-11-14-13(15-18-11)12-9(3)4-5-17-12/h4-5,8H,6-7H2,1-3H3. The predicted molar refractivity (Wildman–Crippen MR) is 64.9 cm³/mol. The molecule has 0 aliphatic carbocycles. The first kappa shape index (κ1) is 12.5. The lowest BCUT2D eigenvalue weighted by Gasteiger charge is -2.00. The third-order valence-corrected chi connectivity index (χ3v) is 2.52. The highest BCUT2D eigenvalue weighted by Crippen LogP contribution is 2.21. The van der Waals surface area contributed by atoms with Gasteiger partial charge in [-0.1, -0.05) is 19.0 Å². The molecule has 0 saturated carbocycles. The third-order valence-electron chi connectivity index (χ3n) is 2.52. The maximum atomic E-state index is 11.6. The topological polar surface area (TPSA) is 69.1 Å². The van der Waals surface area contributed by atoms with Gasteiger partial charge in [-0.15, -0.1) is 0 Å². The van der Waals surface area contributed by atoms with Gasteiger partial charge in [-0.3, -0.25) is 4.79 Å². The van der Waals surface area contributed by atoms with Crippen molar-refractivity contribution >= 4 is 5.78 Å². The van der Waals surface area contributed by atoms with Crippen molar-refractivity contribution in [2.75, 3.05) is 0 Å². The quantitative estimate of drug-likeness (QED) is 0.813. The van der Waals surface area contributed by atoms with E-state index in [4.69, 9.17) is 8.94 Å². The molecule has 0 N–H and O–H groups in total. The van der Waals surface area contributed by atoms with Gasteiger partial charge in [0.2, 0.25) is 11.7 Å². The second-order valence-electron chi connectivity index (χ2n) is 4.76. The number of aryl methyl sites for hydroxylation is 1. The Labute approximate surface area is 105 Å². The molecule has 0 aromatic carbocycles. The summed E-state index contributed by atoms with van der Waals surface area (Å²) in [6.07, 6.45) is 2.28. The van der Waals surface area contributed by atoms with E-state index in [2.05, 4.69) is 10.1 Å². The number of furan rings is 1. The molecule has 0 fully saturated rings. The van der Waals surface area contributed by atoms with E-state index < -0.39 is 0 Å². The van der Waals surface area contributed by atoms with E-state index in [1.807, 2.05) is 26.8 Å². The van der Waals surface area contributed by atoms with Gasteiger partial charge in [0.1, 0.15) is 5.78 Å². The van der Waals surface area contributed by atoms with Crippen molar-refractivity contribution < 1.29 is 13.7 Å². The Morgan fingerprint density at radius 2 is 2.22 bits per heavy atom. The van der Waals surface area contributed by atoms with Gasteiger partial charge in [-0.25, -0.2) is 0 Å². The second-order valence-corrected chi connectivity index (χ2v) is 4.76. The third kappa shape index (κ3) is 2.85. The minimum absolute atomic E-state index is 0.108. The molecular formula is C13H16N2O3. The summed E-state index contributed by atoms with van der Waals surface area (Å²) in [5, 5.41) is 3.82. The van der Waals surface area contributed by atoms with Crippen molar-refractivity contribution in [2.24, 2.45) is 5.92 Å². The van der Waals surface area contributed by atoms with Crippen LogP contribution in [0.2, 0.25) is 0 Å². The number of hydrogen-bond donors (Lipinski definition) is 0. The van der Waals surface area contributed by atoms with E-state index in [9.17, 15) is 4.79 Å². The normalized spacial score (nSPS) is 11.1. The molecule has 0 atom stereocenters. The van der Waals surface area contributed by atoms with Crippen molar-refractivity contribution in [3.8, 4) is 11.6 Å². The molecule has 5 heteroatoms. The SMILES string of the molecule is Cc1ccoc1-c1noc(CC(=O)CC(C)C)n1. The Morgan fingerprint density at radius 3 is 2.83 bits per heavy atom. The molecule has 0 radical (unpaired) electrons. The Bertz CT molecular complexity index is 540. The van der Waals surface area contributed by atoms with E-state index in [-0.39, 0.29) is 12.2 Å². The fourth-order valence-electron chi connectivity index (χ4n) is 1.72.